The van der Waals surface area contributed by atoms with E-state index in [1.54, 1.807) is 20.2 Å². The molecule has 0 atom stereocenters. The van der Waals surface area contributed by atoms with Crippen LogP contribution >= 0.6 is 15.9 Å². The van der Waals surface area contributed by atoms with Crippen molar-refractivity contribution in [1.29, 1.82) is 0 Å². The molecule has 1 aromatic rings. The van der Waals surface area contributed by atoms with E-state index in [9.17, 15) is 9.59 Å². The molecule has 0 bridgehead atoms. The third-order valence-electron chi connectivity index (χ3n) is 3.02. The molecule has 0 aliphatic rings. The number of benzene rings is 1. The standard InChI is InChI=1S/C16H21BrN2O3/c1-4-9-19(11-15(20)18-2)16(21)8-5-12-10-13(17)6-7-14(12)22-3/h5-8,10H,4,9,11H2,1-3H3,(H,18,20)/b8-5+. The average Bonchev–Trinajstić information content (AvgIpc) is 2.52. The van der Waals surface area contributed by atoms with Crippen molar-refractivity contribution in [2.75, 3.05) is 27.2 Å². The van der Waals surface area contributed by atoms with E-state index in [0.717, 1.165) is 16.5 Å². The van der Waals surface area contributed by atoms with Crippen molar-refractivity contribution in [3.8, 4) is 5.75 Å². The minimum absolute atomic E-state index is 0.0587. The van der Waals surface area contributed by atoms with Crippen molar-refractivity contribution in [1.82, 2.24) is 10.2 Å². The number of likely N-dealkylation sites (N-methyl/N-ethyl adjacent to an activating group) is 1. The van der Waals surface area contributed by atoms with E-state index in [0.29, 0.717) is 12.3 Å². The van der Waals surface area contributed by atoms with Crippen molar-refractivity contribution in [2.45, 2.75) is 13.3 Å². The number of carbonyl (C=O) groups excluding carboxylic acids is 2. The van der Waals surface area contributed by atoms with Gasteiger partial charge in [0.1, 0.15) is 5.75 Å². The maximum atomic E-state index is 12.2. The average molecular weight is 369 g/mol. The summed E-state index contributed by atoms with van der Waals surface area (Å²) in [5.74, 6) is 0.295. The van der Waals surface area contributed by atoms with E-state index < -0.39 is 0 Å². The predicted octanol–water partition coefficient (Wildman–Crippen LogP) is 2.46. The third kappa shape index (κ3) is 5.52. The molecule has 2 amide bonds. The Kier molecular flexibility index (Phi) is 7.66. The molecule has 1 rings (SSSR count). The van der Waals surface area contributed by atoms with Gasteiger partial charge in [0.15, 0.2) is 0 Å². The molecule has 0 saturated carbocycles. The van der Waals surface area contributed by atoms with Crippen LogP contribution in [0.3, 0.4) is 0 Å². The summed E-state index contributed by atoms with van der Waals surface area (Å²) in [5, 5.41) is 2.53. The molecule has 120 valence electrons. The number of hydrogen-bond acceptors (Lipinski definition) is 3. The fraction of sp³-hybridized carbons (Fsp3) is 0.375. The van der Waals surface area contributed by atoms with Gasteiger partial charge in [0.05, 0.1) is 13.7 Å². The molecule has 6 heteroatoms. The molecule has 0 fully saturated rings. The van der Waals surface area contributed by atoms with Gasteiger partial charge in [-0.3, -0.25) is 9.59 Å². The van der Waals surface area contributed by atoms with E-state index in [4.69, 9.17) is 4.74 Å². The van der Waals surface area contributed by atoms with Gasteiger partial charge in [-0.05, 0) is 30.7 Å². The third-order valence-corrected chi connectivity index (χ3v) is 3.51. The quantitative estimate of drug-likeness (QED) is 0.752. The summed E-state index contributed by atoms with van der Waals surface area (Å²) in [6, 6.07) is 5.56. The Morgan fingerprint density at radius 2 is 2.14 bits per heavy atom. The molecule has 0 radical (unpaired) electrons. The summed E-state index contributed by atoms with van der Waals surface area (Å²) >= 11 is 3.39. The topological polar surface area (TPSA) is 58.6 Å². The Morgan fingerprint density at radius 1 is 1.41 bits per heavy atom. The second-order valence-corrected chi connectivity index (χ2v) is 5.57. The zero-order valence-electron chi connectivity index (χ0n) is 13.1. The first-order chi connectivity index (χ1) is 10.5. The number of hydrogen-bond donors (Lipinski definition) is 1. The monoisotopic (exact) mass is 368 g/mol. The summed E-state index contributed by atoms with van der Waals surface area (Å²) in [5.41, 5.74) is 0.793. The van der Waals surface area contributed by atoms with E-state index in [1.165, 1.54) is 11.0 Å². The first-order valence-electron chi connectivity index (χ1n) is 7.03. The molecule has 0 spiro atoms. The second kappa shape index (κ2) is 9.25. The van der Waals surface area contributed by atoms with Gasteiger partial charge in [-0.1, -0.05) is 22.9 Å². The van der Waals surface area contributed by atoms with Gasteiger partial charge in [-0.15, -0.1) is 0 Å². The zero-order valence-corrected chi connectivity index (χ0v) is 14.6. The molecular weight excluding hydrogens is 348 g/mol. The summed E-state index contributed by atoms with van der Waals surface area (Å²) < 4.78 is 6.16. The number of amides is 2. The Hall–Kier alpha value is -1.82. The normalized spacial score (nSPS) is 10.5. The van der Waals surface area contributed by atoms with E-state index in [2.05, 4.69) is 21.2 Å². The fourth-order valence-corrected chi connectivity index (χ4v) is 2.27. The van der Waals surface area contributed by atoms with Crippen LogP contribution in [0.25, 0.3) is 6.08 Å². The van der Waals surface area contributed by atoms with Gasteiger partial charge in [0, 0.05) is 29.7 Å². The molecule has 1 N–H and O–H groups in total. The highest BCUT2D eigenvalue weighted by atomic mass is 79.9. The first-order valence-corrected chi connectivity index (χ1v) is 7.82. The second-order valence-electron chi connectivity index (χ2n) is 4.65. The van der Waals surface area contributed by atoms with Crippen LogP contribution in [-0.4, -0.2) is 44.0 Å². The van der Waals surface area contributed by atoms with Crippen LogP contribution in [0.1, 0.15) is 18.9 Å². The number of methoxy groups -OCH3 is 1. The SMILES string of the molecule is CCCN(CC(=O)NC)C(=O)/C=C/c1cc(Br)ccc1OC. The maximum Gasteiger partial charge on any atom is 0.247 e. The van der Waals surface area contributed by atoms with Crippen LogP contribution in [-0.2, 0) is 9.59 Å². The van der Waals surface area contributed by atoms with Crippen molar-refractivity contribution in [2.24, 2.45) is 0 Å². The zero-order chi connectivity index (χ0) is 16.5. The smallest absolute Gasteiger partial charge is 0.247 e. The molecular formula is C16H21BrN2O3. The lowest BCUT2D eigenvalue weighted by molar-refractivity contribution is -0.132. The minimum atomic E-state index is -0.201. The highest BCUT2D eigenvalue weighted by molar-refractivity contribution is 9.10. The Bertz CT molecular complexity index is 558. The fourth-order valence-electron chi connectivity index (χ4n) is 1.89. The molecule has 22 heavy (non-hydrogen) atoms. The molecule has 5 nitrogen and oxygen atoms in total. The van der Waals surface area contributed by atoms with Crippen LogP contribution in [0.4, 0.5) is 0 Å². The Labute approximate surface area is 139 Å². The highest BCUT2D eigenvalue weighted by Crippen LogP contribution is 2.24. The van der Waals surface area contributed by atoms with Gasteiger partial charge in [0.25, 0.3) is 0 Å². The first kappa shape index (κ1) is 18.2. The van der Waals surface area contributed by atoms with Crippen molar-refractivity contribution >= 4 is 33.8 Å². The van der Waals surface area contributed by atoms with Crippen LogP contribution in [0.5, 0.6) is 5.75 Å². The Morgan fingerprint density at radius 3 is 2.73 bits per heavy atom. The number of rotatable bonds is 7. The number of nitrogens with one attached hydrogen (secondary N) is 1. The number of ether oxygens (including phenoxy) is 1. The largest absolute Gasteiger partial charge is 0.496 e. The summed E-state index contributed by atoms with van der Waals surface area (Å²) in [4.78, 5) is 25.2. The van der Waals surface area contributed by atoms with Crippen LogP contribution in [0.2, 0.25) is 0 Å². The lowest BCUT2D eigenvalue weighted by atomic mass is 10.2. The number of carbonyl (C=O) groups is 2. The highest BCUT2D eigenvalue weighted by Gasteiger charge is 2.13. The molecule has 0 aromatic heterocycles. The van der Waals surface area contributed by atoms with E-state index >= 15 is 0 Å². The molecule has 0 saturated heterocycles. The van der Waals surface area contributed by atoms with Gasteiger partial charge >= 0.3 is 0 Å². The lowest BCUT2D eigenvalue weighted by Gasteiger charge is -2.19. The van der Waals surface area contributed by atoms with Gasteiger partial charge in [-0.2, -0.15) is 0 Å². The van der Waals surface area contributed by atoms with Crippen molar-refractivity contribution < 1.29 is 14.3 Å². The van der Waals surface area contributed by atoms with Crippen molar-refractivity contribution in [3.05, 3.63) is 34.3 Å². The van der Waals surface area contributed by atoms with Crippen LogP contribution in [0, 0.1) is 0 Å². The molecule has 0 aliphatic carbocycles. The summed E-state index contributed by atoms with van der Waals surface area (Å²) in [6.45, 7) is 2.56. The molecule has 0 heterocycles. The molecule has 0 unspecified atom stereocenters. The van der Waals surface area contributed by atoms with E-state index in [-0.39, 0.29) is 18.4 Å². The predicted molar refractivity (Wildman–Crippen MR) is 90.7 cm³/mol. The Balaban J connectivity index is 2.88. The van der Waals surface area contributed by atoms with Gasteiger partial charge in [-0.25, -0.2) is 0 Å². The minimum Gasteiger partial charge on any atom is -0.496 e. The summed E-state index contributed by atoms with van der Waals surface area (Å²) in [7, 11) is 3.14. The van der Waals surface area contributed by atoms with Crippen molar-refractivity contribution in [3.63, 3.8) is 0 Å². The van der Waals surface area contributed by atoms with Crippen LogP contribution < -0.4 is 10.1 Å². The molecule has 1 aromatic carbocycles. The molecule has 0 aliphatic heterocycles. The van der Waals surface area contributed by atoms with E-state index in [1.807, 2.05) is 25.1 Å². The number of halogens is 1. The van der Waals surface area contributed by atoms with Gasteiger partial charge < -0.3 is 15.0 Å². The summed E-state index contributed by atoms with van der Waals surface area (Å²) in [6.07, 6.45) is 3.94. The van der Waals surface area contributed by atoms with Gasteiger partial charge in [0.2, 0.25) is 11.8 Å². The maximum absolute atomic E-state index is 12.2. The van der Waals surface area contributed by atoms with Crippen LogP contribution in [0.15, 0.2) is 28.7 Å². The number of nitrogens with zero attached hydrogens (tertiary/aromatic N) is 1. The lowest BCUT2D eigenvalue weighted by Crippen LogP contribution is -2.39.